The molecular weight excluding hydrogens is 316 g/mol. The maximum absolute atomic E-state index is 5.21. The molecule has 4 rings (SSSR count). The normalized spacial score (nSPS) is 10.6. The summed E-state index contributed by atoms with van der Waals surface area (Å²) in [5, 5.41) is 3.23. The minimum absolute atomic E-state index is 0.528. The molecule has 0 fully saturated rings. The van der Waals surface area contributed by atoms with Crippen molar-refractivity contribution in [1.82, 2.24) is 24.9 Å². The summed E-state index contributed by atoms with van der Waals surface area (Å²) in [4.78, 5) is 21.5. The minimum Gasteiger partial charge on any atom is -0.472 e. The molecule has 0 saturated heterocycles. The molecule has 0 aliphatic carbocycles. The van der Waals surface area contributed by atoms with Gasteiger partial charge in [0.05, 0.1) is 30.1 Å². The van der Waals surface area contributed by atoms with Crippen molar-refractivity contribution in [2.45, 2.75) is 6.54 Å². The van der Waals surface area contributed by atoms with E-state index in [0.29, 0.717) is 18.2 Å². The highest BCUT2D eigenvalue weighted by Gasteiger charge is 2.13. The Bertz CT molecular complexity index is 942. The van der Waals surface area contributed by atoms with Crippen LogP contribution in [0, 0.1) is 0 Å². The SMILES string of the molecule is c1cc(CNc2ncc(-c3cnccn3)c(-c3ccoc3)n2)ccn1. The van der Waals surface area contributed by atoms with E-state index in [1.165, 1.54) is 0 Å². The van der Waals surface area contributed by atoms with E-state index < -0.39 is 0 Å². The van der Waals surface area contributed by atoms with Crippen molar-refractivity contribution in [2.75, 3.05) is 5.32 Å². The predicted molar refractivity (Wildman–Crippen MR) is 92.3 cm³/mol. The fourth-order valence-corrected chi connectivity index (χ4v) is 2.39. The van der Waals surface area contributed by atoms with Crippen LogP contribution in [-0.4, -0.2) is 24.9 Å². The van der Waals surface area contributed by atoms with E-state index in [1.807, 2.05) is 18.2 Å². The molecule has 4 heterocycles. The summed E-state index contributed by atoms with van der Waals surface area (Å²) < 4.78 is 5.21. The standard InChI is InChI=1S/C18H14N6O/c1-4-19-5-2-13(1)9-22-18-23-10-15(16-11-20-6-7-21-16)17(24-18)14-3-8-25-12-14/h1-8,10-12H,9H2,(H,22,23,24). The Morgan fingerprint density at radius 3 is 2.60 bits per heavy atom. The Kier molecular flexibility index (Phi) is 4.11. The lowest BCUT2D eigenvalue weighted by molar-refractivity contribution is 0.568. The van der Waals surface area contributed by atoms with Crippen LogP contribution < -0.4 is 5.32 Å². The molecule has 0 amide bonds. The summed E-state index contributed by atoms with van der Waals surface area (Å²) >= 11 is 0. The van der Waals surface area contributed by atoms with Gasteiger partial charge >= 0.3 is 0 Å². The molecule has 1 N–H and O–H groups in total. The highest BCUT2D eigenvalue weighted by molar-refractivity contribution is 5.78. The molecular formula is C18H14N6O. The van der Waals surface area contributed by atoms with Crippen molar-refractivity contribution in [1.29, 1.82) is 0 Å². The lowest BCUT2D eigenvalue weighted by Crippen LogP contribution is -2.05. The van der Waals surface area contributed by atoms with E-state index in [2.05, 4.69) is 30.2 Å². The minimum atomic E-state index is 0.528. The average molecular weight is 330 g/mol. The van der Waals surface area contributed by atoms with Gasteiger partial charge in [0, 0.05) is 48.7 Å². The third-order valence-electron chi connectivity index (χ3n) is 3.62. The van der Waals surface area contributed by atoms with Crippen LogP contribution in [0.3, 0.4) is 0 Å². The van der Waals surface area contributed by atoms with Crippen molar-refractivity contribution in [3.05, 3.63) is 73.5 Å². The molecule has 0 atom stereocenters. The zero-order chi connectivity index (χ0) is 16.9. The van der Waals surface area contributed by atoms with Gasteiger partial charge in [-0.15, -0.1) is 0 Å². The highest BCUT2D eigenvalue weighted by Crippen LogP contribution is 2.29. The molecule has 0 radical (unpaired) electrons. The fourth-order valence-electron chi connectivity index (χ4n) is 2.39. The first-order valence-electron chi connectivity index (χ1n) is 7.69. The van der Waals surface area contributed by atoms with Crippen LogP contribution in [0.15, 0.2) is 72.3 Å². The van der Waals surface area contributed by atoms with Gasteiger partial charge in [-0.2, -0.15) is 0 Å². The molecule has 0 unspecified atom stereocenters. The maximum Gasteiger partial charge on any atom is 0.223 e. The van der Waals surface area contributed by atoms with Crippen LogP contribution in [0.5, 0.6) is 0 Å². The van der Waals surface area contributed by atoms with Gasteiger partial charge in [0.25, 0.3) is 0 Å². The summed E-state index contributed by atoms with van der Waals surface area (Å²) in [6, 6.07) is 5.74. The first kappa shape index (κ1) is 14.9. The zero-order valence-corrected chi connectivity index (χ0v) is 13.2. The number of nitrogens with zero attached hydrogens (tertiary/aromatic N) is 5. The quantitative estimate of drug-likeness (QED) is 0.601. The van der Waals surface area contributed by atoms with Gasteiger partial charge in [-0.3, -0.25) is 15.0 Å². The Hall–Kier alpha value is -3.61. The Balaban J connectivity index is 1.68. The van der Waals surface area contributed by atoms with Gasteiger partial charge in [-0.1, -0.05) is 0 Å². The lowest BCUT2D eigenvalue weighted by atomic mass is 10.1. The van der Waals surface area contributed by atoms with Crippen molar-refractivity contribution < 1.29 is 4.42 Å². The summed E-state index contributed by atoms with van der Waals surface area (Å²) in [6.45, 7) is 0.609. The number of nitrogens with one attached hydrogen (secondary N) is 1. The van der Waals surface area contributed by atoms with E-state index in [-0.39, 0.29) is 0 Å². The second-order valence-electron chi connectivity index (χ2n) is 5.27. The zero-order valence-electron chi connectivity index (χ0n) is 13.2. The van der Waals surface area contributed by atoms with Crippen LogP contribution in [0.25, 0.3) is 22.5 Å². The molecule has 0 bridgehead atoms. The van der Waals surface area contributed by atoms with Crippen LogP contribution in [0.4, 0.5) is 5.95 Å². The van der Waals surface area contributed by atoms with Crippen LogP contribution >= 0.6 is 0 Å². The lowest BCUT2D eigenvalue weighted by Gasteiger charge is -2.10. The van der Waals surface area contributed by atoms with Gasteiger partial charge < -0.3 is 9.73 Å². The molecule has 7 nitrogen and oxygen atoms in total. The number of pyridine rings is 1. The van der Waals surface area contributed by atoms with Gasteiger partial charge in [-0.05, 0) is 23.8 Å². The van der Waals surface area contributed by atoms with Gasteiger partial charge in [0.2, 0.25) is 5.95 Å². The highest BCUT2D eigenvalue weighted by atomic mass is 16.3. The number of anilines is 1. The number of furan rings is 1. The second kappa shape index (κ2) is 6.88. The van der Waals surface area contributed by atoms with Crippen molar-refractivity contribution >= 4 is 5.95 Å². The van der Waals surface area contributed by atoms with E-state index in [1.54, 1.807) is 49.7 Å². The third kappa shape index (κ3) is 3.35. The molecule has 122 valence electrons. The molecule has 7 heteroatoms. The smallest absolute Gasteiger partial charge is 0.223 e. The van der Waals surface area contributed by atoms with Crippen molar-refractivity contribution in [2.24, 2.45) is 0 Å². The van der Waals surface area contributed by atoms with Crippen LogP contribution in [-0.2, 0) is 6.54 Å². The number of hydrogen-bond acceptors (Lipinski definition) is 7. The monoisotopic (exact) mass is 330 g/mol. The molecule has 0 aromatic carbocycles. The summed E-state index contributed by atoms with van der Waals surface area (Å²) in [7, 11) is 0. The first-order valence-corrected chi connectivity index (χ1v) is 7.69. The van der Waals surface area contributed by atoms with E-state index in [4.69, 9.17) is 4.42 Å². The van der Waals surface area contributed by atoms with Gasteiger partial charge in [0.15, 0.2) is 0 Å². The largest absolute Gasteiger partial charge is 0.472 e. The first-order chi connectivity index (χ1) is 12.4. The second-order valence-corrected chi connectivity index (χ2v) is 5.27. The van der Waals surface area contributed by atoms with Gasteiger partial charge in [-0.25, -0.2) is 9.97 Å². The molecule has 0 saturated carbocycles. The number of hydrogen-bond donors (Lipinski definition) is 1. The summed E-state index contributed by atoms with van der Waals surface area (Å²) in [6.07, 6.45) is 13.5. The Labute approximate surface area is 143 Å². The predicted octanol–water partition coefficient (Wildman–Crippen LogP) is 3.20. The Morgan fingerprint density at radius 1 is 0.920 bits per heavy atom. The molecule has 0 aliphatic rings. The van der Waals surface area contributed by atoms with E-state index in [0.717, 1.165) is 22.4 Å². The third-order valence-corrected chi connectivity index (χ3v) is 3.62. The molecule has 25 heavy (non-hydrogen) atoms. The molecule has 4 aromatic heterocycles. The average Bonchev–Trinajstić information content (AvgIpc) is 3.22. The number of aromatic nitrogens is 5. The van der Waals surface area contributed by atoms with Gasteiger partial charge in [0.1, 0.15) is 0 Å². The van der Waals surface area contributed by atoms with Crippen LogP contribution in [0.2, 0.25) is 0 Å². The molecule has 0 spiro atoms. The maximum atomic E-state index is 5.21. The fraction of sp³-hybridized carbons (Fsp3) is 0.0556. The van der Waals surface area contributed by atoms with Crippen molar-refractivity contribution in [3.63, 3.8) is 0 Å². The number of rotatable bonds is 5. The summed E-state index contributed by atoms with van der Waals surface area (Å²) in [5.74, 6) is 0.528. The summed E-state index contributed by atoms with van der Waals surface area (Å²) in [5.41, 5.74) is 4.20. The molecule has 0 aliphatic heterocycles. The topological polar surface area (TPSA) is 89.6 Å². The van der Waals surface area contributed by atoms with E-state index >= 15 is 0 Å². The Morgan fingerprint density at radius 2 is 1.84 bits per heavy atom. The van der Waals surface area contributed by atoms with Crippen molar-refractivity contribution in [3.8, 4) is 22.5 Å². The van der Waals surface area contributed by atoms with Crippen LogP contribution in [0.1, 0.15) is 5.56 Å². The molecule has 4 aromatic rings. The van der Waals surface area contributed by atoms with E-state index in [9.17, 15) is 0 Å².